The molecule has 88 valence electrons. The van der Waals surface area contributed by atoms with Crippen molar-refractivity contribution in [2.75, 3.05) is 13.1 Å². The zero-order valence-electron chi connectivity index (χ0n) is 10.4. The molecule has 0 bridgehead atoms. The number of aryl methyl sites for hydroxylation is 1. The molecule has 0 N–H and O–H groups in total. The molecule has 2 heteroatoms. The van der Waals surface area contributed by atoms with Gasteiger partial charge in [-0.15, -0.1) is 0 Å². The van der Waals surface area contributed by atoms with Gasteiger partial charge in [0, 0.05) is 19.1 Å². The van der Waals surface area contributed by atoms with Crippen LogP contribution >= 0.6 is 0 Å². The molecule has 0 spiro atoms. The minimum atomic E-state index is 0.384. The van der Waals surface area contributed by atoms with Gasteiger partial charge in [-0.25, -0.2) is 0 Å². The molecule has 0 atom stereocenters. The fourth-order valence-electron chi connectivity index (χ4n) is 2.00. The lowest BCUT2D eigenvalue weighted by Gasteiger charge is -2.41. The van der Waals surface area contributed by atoms with E-state index in [0.29, 0.717) is 12.1 Å². The van der Waals surface area contributed by atoms with Gasteiger partial charge >= 0.3 is 0 Å². The van der Waals surface area contributed by atoms with Crippen LogP contribution < -0.4 is 4.74 Å². The number of nitrogens with zero attached hydrogens (tertiary/aromatic N) is 1. The molecule has 2 rings (SSSR count). The fourth-order valence-corrected chi connectivity index (χ4v) is 2.00. The maximum atomic E-state index is 5.93. The molecule has 1 aliphatic heterocycles. The van der Waals surface area contributed by atoms with E-state index in [4.69, 9.17) is 4.74 Å². The lowest BCUT2D eigenvalue weighted by Crippen LogP contribution is -2.56. The Kier molecular flexibility index (Phi) is 3.49. The van der Waals surface area contributed by atoms with E-state index in [1.165, 1.54) is 5.56 Å². The van der Waals surface area contributed by atoms with Gasteiger partial charge in [0.25, 0.3) is 0 Å². The number of benzene rings is 1. The maximum absolute atomic E-state index is 5.93. The van der Waals surface area contributed by atoms with Crippen LogP contribution in [0.15, 0.2) is 24.3 Å². The second-order valence-corrected chi connectivity index (χ2v) is 4.79. The largest absolute Gasteiger partial charge is 0.488 e. The van der Waals surface area contributed by atoms with Crippen LogP contribution in [0.4, 0.5) is 0 Å². The first-order chi connectivity index (χ1) is 7.69. The van der Waals surface area contributed by atoms with Crippen LogP contribution in [-0.2, 0) is 6.42 Å². The molecular weight excluding hydrogens is 198 g/mol. The standard InChI is InChI=1S/C14H21NO/c1-4-12-6-5-7-13(8-12)16-14-9-15(10-14)11(2)3/h5-8,11,14H,4,9-10H2,1-3H3. The van der Waals surface area contributed by atoms with E-state index in [9.17, 15) is 0 Å². The van der Waals surface area contributed by atoms with E-state index in [1.807, 2.05) is 0 Å². The van der Waals surface area contributed by atoms with Crippen LogP contribution in [0.1, 0.15) is 26.3 Å². The first-order valence-corrected chi connectivity index (χ1v) is 6.18. The third-order valence-corrected chi connectivity index (χ3v) is 3.22. The van der Waals surface area contributed by atoms with Crippen molar-refractivity contribution in [3.05, 3.63) is 29.8 Å². The summed E-state index contributed by atoms with van der Waals surface area (Å²) in [5.74, 6) is 1.02. The van der Waals surface area contributed by atoms with Gasteiger partial charge in [-0.05, 0) is 38.0 Å². The topological polar surface area (TPSA) is 12.5 Å². The third kappa shape index (κ3) is 2.56. The Hall–Kier alpha value is -1.02. The molecule has 0 amide bonds. The van der Waals surface area contributed by atoms with Crippen LogP contribution in [0.25, 0.3) is 0 Å². The highest BCUT2D eigenvalue weighted by molar-refractivity contribution is 5.28. The number of rotatable bonds is 4. The Morgan fingerprint density at radius 3 is 2.75 bits per heavy atom. The molecule has 2 nitrogen and oxygen atoms in total. The van der Waals surface area contributed by atoms with E-state index in [1.54, 1.807) is 0 Å². The zero-order chi connectivity index (χ0) is 11.5. The SMILES string of the molecule is CCc1cccc(OC2CN(C(C)C)C2)c1. The van der Waals surface area contributed by atoms with Crippen molar-refractivity contribution in [3.8, 4) is 5.75 Å². The molecule has 1 saturated heterocycles. The van der Waals surface area contributed by atoms with Crippen molar-refractivity contribution >= 4 is 0 Å². The summed E-state index contributed by atoms with van der Waals surface area (Å²) in [6.07, 6.45) is 1.45. The molecule has 0 aromatic heterocycles. The molecule has 0 saturated carbocycles. The first-order valence-electron chi connectivity index (χ1n) is 6.18. The van der Waals surface area contributed by atoms with Crippen LogP contribution in [0, 0.1) is 0 Å². The van der Waals surface area contributed by atoms with E-state index in [-0.39, 0.29) is 0 Å². The Morgan fingerprint density at radius 1 is 1.38 bits per heavy atom. The first kappa shape index (κ1) is 11.5. The van der Waals surface area contributed by atoms with E-state index >= 15 is 0 Å². The molecule has 1 aromatic carbocycles. The summed E-state index contributed by atoms with van der Waals surface area (Å²) in [6, 6.07) is 9.07. The quantitative estimate of drug-likeness (QED) is 0.772. The highest BCUT2D eigenvalue weighted by Crippen LogP contribution is 2.20. The van der Waals surface area contributed by atoms with E-state index < -0.39 is 0 Å². The normalized spacial score (nSPS) is 17.5. The molecule has 1 aromatic rings. The Bertz CT molecular complexity index is 342. The van der Waals surface area contributed by atoms with Crippen molar-refractivity contribution in [1.82, 2.24) is 4.90 Å². The van der Waals surface area contributed by atoms with E-state index in [2.05, 4.69) is 49.9 Å². The minimum Gasteiger partial charge on any atom is -0.488 e. The van der Waals surface area contributed by atoms with Gasteiger partial charge in [-0.3, -0.25) is 4.90 Å². The second kappa shape index (κ2) is 4.88. The summed E-state index contributed by atoms with van der Waals surface area (Å²) >= 11 is 0. The highest BCUT2D eigenvalue weighted by Gasteiger charge is 2.29. The van der Waals surface area contributed by atoms with E-state index in [0.717, 1.165) is 25.3 Å². The Balaban J connectivity index is 1.86. The molecule has 0 unspecified atom stereocenters. The minimum absolute atomic E-state index is 0.384. The van der Waals surface area contributed by atoms with Gasteiger partial charge in [0.1, 0.15) is 11.9 Å². The summed E-state index contributed by atoms with van der Waals surface area (Å²) in [6.45, 7) is 8.76. The van der Waals surface area contributed by atoms with Crippen LogP contribution in [0.5, 0.6) is 5.75 Å². The molecule has 0 radical (unpaired) electrons. The Labute approximate surface area is 98.2 Å². The molecule has 1 heterocycles. The summed E-state index contributed by atoms with van der Waals surface area (Å²) in [4.78, 5) is 2.42. The van der Waals surface area contributed by atoms with Gasteiger partial charge in [-0.1, -0.05) is 19.1 Å². The van der Waals surface area contributed by atoms with Crippen molar-refractivity contribution < 1.29 is 4.74 Å². The summed E-state index contributed by atoms with van der Waals surface area (Å²) in [7, 11) is 0. The fraction of sp³-hybridized carbons (Fsp3) is 0.571. The van der Waals surface area contributed by atoms with Gasteiger partial charge < -0.3 is 4.74 Å². The van der Waals surface area contributed by atoms with Gasteiger partial charge in [0.15, 0.2) is 0 Å². The van der Waals surface area contributed by atoms with Gasteiger partial charge in [0.05, 0.1) is 0 Å². The molecule has 1 fully saturated rings. The predicted octanol–water partition coefficient (Wildman–Crippen LogP) is 2.72. The molecule has 16 heavy (non-hydrogen) atoms. The lowest BCUT2D eigenvalue weighted by molar-refractivity contribution is 0.000121. The Morgan fingerprint density at radius 2 is 2.12 bits per heavy atom. The lowest BCUT2D eigenvalue weighted by atomic mass is 10.1. The number of ether oxygens (including phenoxy) is 1. The predicted molar refractivity (Wildman–Crippen MR) is 66.9 cm³/mol. The van der Waals surface area contributed by atoms with Gasteiger partial charge in [-0.2, -0.15) is 0 Å². The monoisotopic (exact) mass is 219 g/mol. The third-order valence-electron chi connectivity index (χ3n) is 3.22. The molecular formula is C14H21NO. The van der Waals surface area contributed by atoms with Gasteiger partial charge in [0.2, 0.25) is 0 Å². The number of likely N-dealkylation sites (tertiary alicyclic amines) is 1. The average Bonchev–Trinajstić information content (AvgIpc) is 2.22. The van der Waals surface area contributed by atoms with Crippen molar-refractivity contribution in [3.63, 3.8) is 0 Å². The molecule has 1 aliphatic rings. The second-order valence-electron chi connectivity index (χ2n) is 4.79. The summed E-state index contributed by atoms with van der Waals surface area (Å²) in [5.41, 5.74) is 1.34. The summed E-state index contributed by atoms with van der Waals surface area (Å²) in [5, 5.41) is 0. The van der Waals surface area contributed by atoms with Crippen molar-refractivity contribution in [2.45, 2.75) is 39.3 Å². The number of hydrogen-bond donors (Lipinski definition) is 0. The zero-order valence-corrected chi connectivity index (χ0v) is 10.4. The summed E-state index contributed by atoms with van der Waals surface area (Å²) < 4.78 is 5.93. The average molecular weight is 219 g/mol. The maximum Gasteiger partial charge on any atom is 0.124 e. The van der Waals surface area contributed by atoms with Crippen molar-refractivity contribution in [1.29, 1.82) is 0 Å². The van der Waals surface area contributed by atoms with Crippen LogP contribution in [0.3, 0.4) is 0 Å². The smallest absolute Gasteiger partial charge is 0.124 e. The van der Waals surface area contributed by atoms with Crippen molar-refractivity contribution in [2.24, 2.45) is 0 Å². The number of hydrogen-bond acceptors (Lipinski definition) is 2. The van der Waals surface area contributed by atoms with Crippen LogP contribution in [0.2, 0.25) is 0 Å². The van der Waals surface area contributed by atoms with Crippen LogP contribution in [-0.4, -0.2) is 30.1 Å². The highest BCUT2D eigenvalue weighted by atomic mass is 16.5. The molecule has 0 aliphatic carbocycles.